The Morgan fingerprint density at radius 1 is 1.53 bits per heavy atom. The van der Waals surface area contributed by atoms with E-state index in [1.165, 1.54) is 6.20 Å². The van der Waals surface area contributed by atoms with Gasteiger partial charge in [0.25, 0.3) is 0 Å². The summed E-state index contributed by atoms with van der Waals surface area (Å²) in [5.41, 5.74) is 0.0589. The Labute approximate surface area is 109 Å². The third kappa shape index (κ3) is 3.03. The van der Waals surface area contributed by atoms with Gasteiger partial charge < -0.3 is 15.0 Å². The summed E-state index contributed by atoms with van der Waals surface area (Å²) < 4.78 is 1.81. The number of nitrogens with one attached hydrogen (secondary N) is 1. The standard InChI is InChI=1S/C11H14N6O2/c1-7-13-5-8(11(18)19)10(15-7)12-4-3-9-16-14-6-17(9)2/h5-6H,3-4H2,1-2H3,(H,18,19)(H,12,13,15). The lowest BCUT2D eigenvalue weighted by Crippen LogP contribution is -2.14. The molecule has 2 aromatic heterocycles. The Kier molecular flexibility index (Phi) is 3.69. The van der Waals surface area contributed by atoms with Gasteiger partial charge in [-0.3, -0.25) is 0 Å². The lowest BCUT2D eigenvalue weighted by molar-refractivity contribution is 0.0697. The first kappa shape index (κ1) is 12.9. The molecular weight excluding hydrogens is 248 g/mol. The molecule has 0 aliphatic heterocycles. The molecule has 0 unspecified atom stereocenters. The summed E-state index contributed by atoms with van der Waals surface area (Å²) >= 11 is 0. The lowest BCUT2D eigenvalue weighted by atomic mass is 10.3. The van der Waals surface area contributed by atoms with Crippen molar-refractivity contribution in [1.82, 2.24) is 24.7 Å². The summed E-state index contributed by atoms with van der Waals surface area (Å²) in [7, 11) is 1.85. The molecular formula is C11H14N6O2. The molecule has 0 aromatic carbocycles. The highest BCUT2D eigenvalue weighted by Gasteiger charge is 2.12. The zero-order chi connectivity index (χ0) is 13.8. The van der Waals surface area contributed by atoms with Crippen LogP contribution in [0.1, 0.15) is 22.0 Å². The zero-order valence-electron chi connectivity index (χ0n) is 10.7. The van der Waals surface area contributed by atoms with Crippen molar-refractivity contribution in [3.63, 3.8) is 0 Å². The van der Waals surface area contributed by atoms with Gasteiger partial charge in [0.2, 0.25) is 0 Å². The predicted molar refractivity (Wildman–Crippen MR) is 66.9 cm³/mol. The SMILES string of the molecule is Cc1ncc(C(=O)O)c(NCCc2nncn2C)n1. The largest absolute Gasteiger partial charge is 0.477 e. The van der Waals surface area contributed by atoms with Gasteiger partial charge in [0.15, 0.2) is 0 Å². The van der Waals surface area contributed by atoms with Gasteiger partial charge in [-0.1, -0.05) is 0 Å². The smallest absolute Gasteiger partial charge is 0.341 e. The molecule has 8 nitrogen and oxygen atoms in total. The van der Waals surface area contributed by atoms with Crippen LogP contribution in [0.2, 0.25) is 0 Å². The van der Waals surface area contributed by atoms with E-state index >= 15 is 0 Å². The maximum absolute atomic E-state index is 11.0. The number of rotatable bonds is 5. The van der Waals surface area contributed by atoms with Crippen molar-refractivity contribution in [2.75, 3.05) is 11.9 Å². The molecule has 2 rings (SSSR count). The molecule has 0 aliphatic carbocycles. The summed E-state index contributed by atoms with van der Waals surface area (Å²) in [5.74, 6) is 0.602. The predicted octanol–water partition coefficient (Wildman–Crippen LogP) is 0.266. The van der Waals surface area contributed by atoms with E-state index in [9.17, 15) is 4.79 Å². The third-order valence-corrected chi connectivity index (χ3v) is 2.59. The number of hydrogen-bond donors (Lipinski definition) is 2. The van der Waals surface area contributed by atoms with E-state index in [0.717, 1.165) is 5.82 Å². The number of aromatic carboxylic acids is 1. The molecule has 0 atom stereocenters. The maximum Gasteiger partial charge on any atom is 0.341 e. The Balaban J connectivity index is 2.05. The van der Waals surface area contributed by atoms with E-state index in [0.29, 0.717) is 24.6 Å². The average Bonchev–Trinajstić information content (AvgIpc) is 2.75. The van der Waals surface area contributed by atoms with Gasteiger partial charge in [0.05, 0.1) is 0 Å². The molecule has 2 N–H and O–H groups in total. The van der Waals surface area contributed by atoms with E-state index in [2.05, 4.69) is 25.5 Å². The minimum atomic E-state index is -1.05. The minimum absolute atomic E-state index is 0.0589. The second-order valence-electron chi connectivity index (χ2n) is 4.02. The highest BCUT2D eigenvalue weighted by atomic mass is 16.4. The second kappa shape index (κ2) is 5.42. The fourth-order valence-electron chi connectivity index (χ4n) is 1.59. The molecule has 0 amide bonds. The van der Waals surface area contributed by atoms with Crippen molar-refractivity contribution in [2.45, 2.75) is 13.3 Å². The van der Waals surface area contributed by atoms with Crippen molar-refractivity contribution >= 4 is 11.8 Å². The molecule has 0 saturated carbocycles. The van der Waals surface area contributed by atoms with Crippen LogP contribution < -0.4 is 5.32 Å². The van der Waals surface area contributed by atoms with E-state index < -0.39 is 5.97 Å². The monoisotopic (exact) mass is 262 g/mol. The van der Waals surface area contributed by atoms with E-state index in [-0.39, 0.29) is 5.56 Å². The summed E-state index contributed by atoms with van der Waals surface area (Å²) in [6, 6.07) is 0. The number of aryl methyl sites for hydroxylation is 2. The van der Waals surface area contributed by atoms with Crippen molar-refractivity contribution in [3.05, 3.63) is 29.7 Å². The number of nitrogens with zero attached hydrogens (tertiary/aromatic N) is 5. The van der Waals surface area contributed by atoms with Crippen LogP contribution in [0.4, 0.5) is 5.82 Å². The minimum Gasteiger partial charge on any atom is -0.477 e. The van der Waals surface area contributed by atoms with Crippen LogP contribution in [-0.4, -0.2) is 42.4 Å². The fraction of sp³-hybridized carbons (Fsp3) is 0.364. The molecule has 2 heterocycles. The van der Waals surface area contributed by atoms with Crippen LogP contribution in [0, 0.1) is 6.92 Å². The maximum atomic E-state index is 11.0. The number of aromatic nitrogens is 5. The van der Waals surface area contributed by atoms with Gasteiger partial charge in [0.1, 0.15) is 29.4 Å². The van der Waals surface area contributed by atoms with Crippen LogP contribution in [0.15, 0.2) is 12.5 Å². The number of hydrogen-bond acceptors (Lipinski definition) is 6. The molecule has 0 aliphatic rings. The average molecular weight is 262 g/mol. The Morgan fingerprint density at radius 2 is 2.32 bits per heavy atom. The molecule has 0 saturated heterocycles. The fourth-order valence-corrected chi connectivity index (χ4v) is 1.59. The number of carboxylic acid groups (broad SMARTS) is 1. The van der Waals surface area contributed by atoms with Gasteiger partial charge in [-0.05, 0) is 6.92 Å². The normalized spacial score (nSPS) is 10.4. The van der Waals surface area contributed by atoms with Crippen LogP contribution in [0.3, 0.4) is 0 Å². The quantitative estimate of drug-likeness (QED) is 0.796. The van der Waals surface area contributed by atoms with Crippen LogP contribution in [0.5, 0.6) is 0 Å². The number of carbonyl (C=O) groups is 1. The summed E-state index contributed by atoms with van der Waals surface area (Å²) in [5, 5.41) is 19.7. The lowest BCUT2D eigenvalue weighted by Gasteiger charge is -2.08. The molecule has 8 heteroatoms. The molecule has 19 heavy (non-hydrogen) atoms. The summed E-state index contributed by atoms with van der Waals surface area (Å²) in [6.07, 6.45) is 3.54. The van der Waals surface area contributed by atoms with Crippen molar-refractivity contribution in [1.29, 1.82) is 0 Å². The summed E-state index contributed by atoms with van der Waals surface area (Å²) in [4.78, 5) is 19.0. The second-order valence-corrected chi connectivity index (χ2v) is 4.02. The third-order valence-electron chi connectivity index (χ3n) is 2.59. The highest BCUT2D eigenvalue weighted by molar-refractivity contribution is 5.92. The molecule has 0 bridgehead atoms. The summed E-state index contributed by atoms with van der Waals surface area (Å²) in [6.45, 7) is 2.22. The van der Waals surface area contributed by atoms with Gasteiger partial charge in [0, 0.05) is 26.2 Å². The first-order valence-electron chi connectivity index (χ1n) is 5.71. The Morgan fingerprint density at radius 3 is 2.95 bits per heavy atom. The molecule has 0 fully saturated rings. The van der Waals surface area contributed by atoms with E-state index in [1.54, 1.807) is 13.3 Å². The number of carboxylic acids is 1. The van der Waals surface area contributed by atoms with Crippen molar-refractivity contribution in [2.24, 2.45) is 7.05 Å². The molecule has 100 valence electrons. The van der Waals surface area contributed by atoms with Gasteiger partial charge in [-0.2, -0.15) is 0 Å². The highest BCUT2D eigenvalue weighted by Crippen LogP contribution is 2.11. The molecule has 0 spiro atoms. The Hall–Kier alpha value is -2.51. The zero-order valence-corrected chi connectivity index (χ0v) is 10.7. The Bertz CT molecular complexity index is 595. The van der Waals surface area contributed by atoms with E-state index in [1.807, 2.05) is 11.6 Å². The van der Waals surface area contributed by atoms with Crippen LogP contribution in [0.25, 0.3) is 0 Å². The number of anilines is 1. The van der Waals surface area contributed by atoms with Gasteiger partial charge in [-0.25, -0.2) is 14.8 Å². The van der Waals surface area contributed by atoms with Crippen LogP contribution >= 0.6 is 0 Å². The van der Waals surface area contributed by atoms with Gasteiger partial charge >= 0.3 is 5.97 Å². The molecule has 0 radical (unpaired) electrons. The van der Waals surface area contributed by atoms with Gasteiger partial charge in [-0.15, -0.1) is 10.2 Å². The first-order valence-corrected chi connectivity index (χ1v) is 5.71. The van der Waals surface area contributed by atoms with E-state index in [4.69, 9.17) is 5.11 Å². The first-order chi connectivity index (χ1) is 9.08. The van der Waals surface area contributed by atoms with Crippen molar-refractivity contribution in [3.8, 4) is 0 Å². The van der Waals surface area contributed by atoms with Crippen LogP contribution in [-0.2, 0) is 13.5 Å². The topological polar surface area (TPSA) is 106 Å². The molecule has 2 aromatic rings. The van der Waals surface area contributed by atoms with Crippen molar-refractivity contribution < 1.29 is 9.90 Å².